The third-order valence-corrected chi connectivity index (χ3v) is 6.45. The summed E-state index contributed by atoms with van der Waals surface area (Å²) in [4.78, 5) is 20.3. The number of benzene rings is 1. The van der Waals surface area contributed by atoms with Gasteiger partial charge in [0.2, 0.25) is 16.9 Å². The number of ether oxygens (including phenoxy) is 2. The van der Waals surface area contributed by atoms with Crippen molar-refractivity contribution in [3.8, 4) is 11.6 Å². The predicted molar refractivity (Wildman–Crippen MR) is 118 cm³/mol. The van der Waals surface area contributed by atoms with Gasteiger partial charge in [0.05, 0.1) is 18.6 Å². The van der Waals surface area contributed by atoms with Gasteiger partial charge in [-0.1, -0.05) is 43.4 Å². The molecule has 1 unspecified atom stereocenters. The summed E-state index contributed by atoms with van der Waals surface area (Å²) in [5.41, 5.74) is 2.67. The zero-order chi connectivity index (χ0) is 21.4. The number of rotatable bonds is 4. The first kappa shape index (κ1) is 19.9. The number of aromatic nitrogens is 3. The van der Waals surface area contributed by atoms with E-state index >= 15 is 0 Å². The van der Waals surface area contributed by atoms with Crippen LogP contribution < -0.4 is 15.0 Å². The lowest BCUT2D eigenvalue weighted by Crippen LogP contribution is -2.39. The molecule has 3 aromatic rings. The first-order valence-electron chi connectivity index (χ1n) is 10.2. The highest BCUT2D eigenvalue weighted by Gasteiger charge is 2.44. The second kappa shape index (κ2) is 7.90. The van der Waals surface area contributed by atoms with E-state index in [1.807, 2.05) is 50.2 Å². The largest absolute Gasteiger partial charge is 0.438 e. The molecule has 2 aliphatic heterocycles. The predicted octanol–water partition coefficient (Wildman–Crippen LogP) is 3.67. The molecule has 1 fully saturated rings. The Morgan fingerprint density at radius 2 is 1.97 bits per heavy atom. The molecule has 0 aliphatic carbocycles. The maximum atomic E-state index is 13.3. The molecule has 5 rings (SSSR count). The Morgan fingerprint density at radius 3 is 2.74 bits per heavy atom. The van der Waals surface area contributed by atoms with Crippen LogP contribution in [0, 0.1) is 5.41 Å². The Bertz CT molecular complexity index is 1100. The number of carbonyl (C=O) groups is 1. The van der Waals surface area contributed by atoms with Crippen LogP contribution in [0.1, 0.15) is 30.9 Å². The number of fused-ring (bicyclic) bond motifs is 2. The SMILES string of the molecule is CC(C)(C(=O)Nc1nncs1)C1c2ccccc2Oc2nc(N3CCOCC3)ccc21. The molecule has 4 heterocycles. The summed E-state index contributed by atoms with van der Waals surface area (Å²) in [6.07, 6.45) is 0. The number of hydrogen-bond donors (Lipinski definition) is 1. The summed E-state index contributed by atoms with van der Waals surface area (Å²) in [6, 6.07) is 11.9. The van der Waals surface area contributed by atoms with Crippen molar-refractivity contribution in [2.45, 2.75) is 19.8 Å². The van der Waals surface area contributed by atoms with Crippen LogP contribution in [0.15, 0.2) is 41.9 Å². The molecule has 2 aromatic heterocycles. The van der Waals surface area contributed by atoms with Crippen LogP contribution >= 0.6 is 11.3 Å². The molecule has 1 amide bonds. The number of carbonyl (C=O) groups excluding carboxylic acids is 1. The quantitative estimate of drug-likeness (QED) is 0.666. The van der Waals surface area contributed by atoms with E-state index in [1.54, 1.807) is 5.51 Å². The first-order chi connectivity index (χ1) is 15.0. The van der Waals surface area contributed by atoms with Crippen LogP contribution in [0.3, 0.4) is 0 Å². The van der Waals surface area contributed by atoms with Gasteiger partial charge in [-0.05, 0) is 18.2 Å². The van der Waals surface area contributed by atoms with Gasteiger partial charge in [-0.3, -0.25) is 4.79 Å². The fourth-order valence-corrected chi connectivity index (χ4v) is 4.63. The lowest BCUT2D eigenvalue weighted by atomic mass is 9.70. The van der Waals surface area contributed by atoms with Crippen molar-refractivity contribution in [1.82, 2.24) is 15.2 Å². The molecular weight excluding hydrogens is 414 g/mol. The van der Waals surface area contributed by atoms with Crippen molar-refractivity contribution in [2.24, 2.45) is 5.41 Å². The van der Waals surface area contributed by atoms with Gasteiger partial charge in [-0.2, -0.15) is 4.98 Å². The maximum Gasteiger partial charge on any atom is 0.232 e. The molecule has 31 heavy (non-hydrogen) atoms. The van der Waals surface area contributed by atoms with E-state index in [2.05, 4.69) is 20.4 Å². The molecular formula is C22H23N5O3S. The van der Waals surface area contributed by atoms with Crippen molar-refractivity contribution in [3.05, 3.63) is 53.0 Å². The van der Waals surface area contributed by atoms with Crippen molar-refractivity contribution in [1.29, 1.82) is 0 Å². The van der Waals surface area contributed by atoms with E-state index in [0.29, 0.717) is 24.2 Å². The molecule has 0 bridgehead atoms. The van der Waals surface area contributed by atoms with E-state index < -0.39 is 5.41 Å². The number of amides is 1. The molecule has 0 saturated carbocycles. The van der Waals surface area contributed by atoms with Crippen LogP contribution in [0.5, 0.6) is 11.6 Å². The van der Waals surface area contributed by atoms with Crippen molar-refractivity contribution < 1.29 is 14.3 Å². The third kappa shape index (κ3) is 3.64. The second-order valence-electron chi connectivity index (χ2n) is 8.16. The molecule has 1 N–H and O–H groups in total. The summed E-state index contributed by atoms with van der Waals surface area (Å²) < 4.78 is 11.7. The summed E-state index contributed by atoms with van der Waals surface area (Å²) >= 11 is 1.30. The van der Waals surface area contributed by atoms with Gasteiger partial charge in [0.1, 0.15) is 17.1 Å². The van der Waals surface area contributed by atoms with Crippen LogP contribution in [0.2, 0.25) is 0 Å². The van der Waals surface area contributed by atoms with Gasteiger partial charge in [0.25, 0.3) is 0 Å². The zero-order valence-corrected chi connectivity index (χ0v) is 18.2. The van der Waals surface area contributed by atoms with Crippen molar-refractivity contribution in [3.63, 3.8) is 0 Å². The maximum absolute atomic E-state index is 13.3. The number of morpholine rings is 1. The molecule has 1 atom stereocenters. The number of hydrogen-bond acceptors (Lipinski definition) is 8. The molecule has 160 valence electrons. The van der Waals surface area contributed by atoms with Gasteiger partial charge in [-0.25, -0.2) is 0 Å². The lowest BCUT2D eigenvalue weighted by Gasteiger charge is -2.38. The third-order valence-electron chi connectivity index (χ3n) is 5.85. The molecule has 0 radical (unpaired) electrons. The van der Waals surface area contributed by atoms with E-state index in [9.17, 15) is 4.79 Å². The number of pyridine rings is 1. The number of nitrogens with one attached hydrogen (secondary N) is 1. The molecule has 9 heteroatoms. The second-order valence-corrected chi connectivity index (χ2v) is 8.99. The average molecular weight is 438 g/mol. The summed E-state index contributed by atoms with van der Waals surface area (Å²) in [7, 11) is 0. The van der Waals surface area contributed by atoms with E-state index in [4.69, 9.17) is 14.5 Å². The number of para-hydroxylation sites is 1. The normalized spacial score (nSPS) is 18.0. The number of nitrogens with zero attached hydrogens (tertiary/aromatic N) is 4. The Labute approximate surface area is 184 Å². The van der Waals surface area contributed by atoms with Gasteiger partial charge < -0.3 is 19.7 Å². The van der Waals surface area contributed by atoms with Gasteiger partial charge in [0, 0.05) is 30.1 Å². The first-order valence-corrected chi connectivity index (χ1v) is 11.1. The van der Waals surface area contributed by atoms with Crippen molar-refractivity contribution >= 4 is 28.2 Å². The minimum atomic E-state index is -0.789. The Kier molecular flexibility index (Phi) is 5.07. The topological polar surface area (TPSA) is 89.5 Å². The standard InChI is InChI=1S/C22H23N5O3S/c1-22(2,20(28)25-21-26-23-13-31-21)18-14-5-3-4-6-16(14)30-19-15(18)7-8-17(24-19)27-9-11-29-12-10-27/h3-8,13,18H,9-12H2,1-2H3,(H,25,26,28). The van der Waals surface area contributed by atoms with E-state index in [0.717, 1.165) is 35.8 Å². The fourth-order valence-electron chi connectivity index (χ4n) is 4.19. The Balaban J connectivity index is 1.54. The monoisotopic (exact) mass is 437 g/mol. The smallest absolute Gasteiger partial charge is 0.232 e. The van der Waals surface area contributed by atoms with Gasteiger partial charge in [0.15, 0.2) is 0 Å². The summed E-state index contributed by atoms with van der Waals surface area (Å²) in [5.74, 6) is 1.77. The van der Waals surface area contributed by atoms with Crippen LogP contribution in [0.25, 0.3) is 0 Å². The average Bonchev–Trinajstić information content (AvgIpc) is 3.30. The van der Waals surface area contributed by atoms with Crippen LogP contribution in [-0.4, -0.2) is 47.4 Å². The minimum Gasteiger partial charge on any atom is -0.438 e. The zero-order valence-electron chi connectivity index (χ0n) is 17.4. The highest BCUT2D eigenvalue weighted by atomic mass is 32.1. The summed E-state index contributed by atoms with van der Waals surface area (Å²) in [6.45, 7) is 6.84. The molecule has 1 saturated heterocycles. The fraction of sp³-hybridized carbons (Fsp3) is 0.364. The Hall–Kier alpha value is -3.04. The Morgan fingerprint density at radius 1 is 1.16 bits per heavy atom. The van der Waals surface area contributed by atoms with E-state index in [-0.39, 0.29) is 11.8 Å². The minimum absolute atomic E-state index is 0.130. The number of anilines is 2. The highest BCUT2D eigenvalue weighted by Crippen LogP contribution is 2.51. The van der Waals surface area contributed by atoms with Crippen molar-refractivity contribution in [2.75, 3.05) is 36.5 Å². The van der Waals surface area contributed by atoms with Crippen LogP contribution in [-0.2, 0) is 9.53 Å². The highest BCUT2D eigenvalue weighted by molar-refractivity contribution is 7.13. The molecule has 0 spiro atoms. The summed E-state index contributed by atoms with van der Waals surface area (Å²) in [5, 5.41) is 11.1. The molecule has 1 aromatic carbocycles. The van der Waals surface area contributed by atoms with Crippen LogP contribution in [0.4, 0.5) is 10.9 Å². The van der Waals surface area contributed by atoms with E-state index in [1.165, 1.54) is 11.3 Å². The van der Waals surface area contributed by atoms with Gasteiger partial charge in [-0.15, -0.1) is 10.2 Å². The lowest BCUT2D eigenvalue weighted by molar-refractivity contribution is -0.124. The van der Waals surface area contributed by atoms with Gasteiger partial charge >= 0.3 is 0 Å². The molecule has 2 aliphatic rings. The molecule has 8 nitrogen and oxygen atoms in total.